The zero-order valence-electron chi connectivity index (χ0n) is 20.1. The molecule has 5 atom stereocenters. The van der Waals surface area contributed by atoms with Gasteiger partial charge >= 0.3 is 5.97 Å². The van der Waals surface area contributed by atoms with Crippen LogP contribution in [0.15, 0.2) is 4.99 Å². The number of rotatable bonds is 12. The van der Waals surface area contributed by atoms with Crippen LogP contribution in [0.25, 0.3) is 0 Å². The number of carbonyl (C=O) groups is 4. The molecule has 0 aromatic carbocycles. The molecule has 12 nitrogen and oxygen atoms in total. The molecule has 2 rings (SSSR count). The monoisotopic (exact) mass is 481 g/mol. The maximum Gasteiger partial charge on any atom is 0.326 e. The van der Waals surface area contributed by atoms with Crippen LogP contribution in [0.2, 0.25) is 0 Å². The van der Waals surface area contributed by atoms with E-state index in [9.17, 15) is 24.3 Å². The van der Waals surface area contributed by atoms with Crippen LogP contribution >= 0.6 is 0 Å². The van der Waals surface area contributed by atoms with E-state index in [4.69, 9.17) is 11.5 Å². The highest BCUT2D eigenvalue weighted by Gasteiger charge is 2.39. The van der Waals surface area contributed by atoms with Gasteiger partial charge < -0.3 is 37.4 Å². The standard InChI is InChI=1S/C22H39N7O5/c1-3-13(2)17(21(33)34)28-19(31)16-9-6-12-29(16)20(32)15(8-5-11-26-22(23)24)27-18(30)14-7-4-10-25-14/h13-17,25H,3-12H2,1-2H3,(H,27,30)(H,28,31)(H,33,34)(H4,23,24,26). The Balaban J connectivity index is 2.11. The van der Waals surface area contributed by atoms with E-state index in [2.05, 4.69) is 20.9 Å². The van der Waals surface area contributed by atoms with Gasteiger partial charge in [-0.2, -0.15) is 0 Å². The minimum absolute atomic E-state index is 0.0485. The highest BCUT2D eigenvalue weighted by molar-refractivity contribution is 5.94. The Bertz CT molecular complexity index is 765. The summed E-state index contributed by atoms with van der Waals surface area (Å²) in [5, 5.41) is 18.1. The lowest BCUT2D eigenvalue weighted by molar-refractivity contribution is -0.146. The predicted octanol–water partition coefficient (Wildman–Crippen LogP) is -1.12. The number of nitrogens with zero attached hydrogens (tertiary/aromatic N) is 2. The van der Waals surface area contributed by atoms with E-state index in [0.29, 0.717) is 51.6 Å². The zero-order chi connectivity index (χ0) is 25.3. The van der Waals surface area contributed by atoms with E-state index < -0.39 is 30.0 Å². The number of nitrogens with one attached hydrogen (secondary N) is 3. The molecular formula is C22H39N7O5. The van der Waals surface area contributed by atoms with E-state index in [1.54, 1.807) is 6.92 Å². The molecular weight excluding hydrogens is 442 g/mol. The van der Waals surface area contributed by atoms with Gasteiger partial charge in [0.25, 0.3) is 0 Å². The van der Waals surface area contributed by atoms with Crippen LogP contribution in [0.1, 0.15) is 58.8 Å². The SMILES string of the molecule is CCC(C)C(NC(=O)C1CCCN1C(=O)C(CCCN=C(N)N)NC(=O)C1CCCN1)C(=O)O. The number of guanidine groups is 1. The fourth-order valence-corrected chi connectivity index (χ4v) is 4.38. The lowest BCUT2D eigenvalue weighted by Crippen LogP contribution is -2.57. The first-order valence-electron chi connectivity index (χ1n) is 12.1. The number of carbonyl (C=O) groups excluding carboxylic acids is 3. The van der Waals surface area contributed by atoms with Gasteiger partial charge in [0.2, 0.25) is 17.7 Å². The highest BCUT2D eigenvalue weighted by atomic mass is 16.4. The molecule has 0 saturated carbocycles. The topological polar surface area (TPSA) is 192 Å². The smallest absolute Gasteiger partial charge is 0.326 e. The second kappa shape index (κ2) is 13.1. The number of carboxylic acid groups (broad SMARTS) is 1. The summed E-state index contributed by atoms with van der Waals surface area (Å²) in [5.41, 5.74) is 10.7. The van der Waals surface area contributed by atoms with Crippen LogP contribution in [0.5, 0.6) is 0 Å². The van der Waals surface area contributed by atoms with Gasteiger partial charge in [-0.15, -0.1) is 0 Å². The molecule has 12 heteroatoms. The normalized spacial score (nSPS) is 22.5. The van der Waals surface area contributed by atoms with Gasteiger partial charge in [-0.05, 0) is 51.0 Å². The van der Waals surface area contributed by atoms with E-state index in [0.717, 1.165) is 13.0 Å². The zero-order valence-corrected chi connectivity index (χ0v) is 20.1. The van der Waals surface area contributed by atoms with Crippen molar-refractivity contribution < 1.29 is 24.3 Å². The number of aliphatic carboxylic acids is 1. The van der Waals surface area contributed by atoms with Crippen LogP contribution in [-0.4, -0.2) is 83.5 Å². The van der Waals surface area contributed by atoms with Crippen LogP contribution in [0.4, 0.5) is 0 Å². The summed E-state index contributed by atoms with van der Waals surface area (Å²) < 4.78 is 0. The van der Waals surface area contributed by atoms with E-state index >= 15 is 0 Å². The molecule has 0 radical (unpaired) electrons. The third-order valence-electron chi connectivity index (χ3n) is 6.55. The third-order valence-corrected chi connectivity index (χ3v) is 6.55. The lowest BCUT2D eigenvalue weighted by atomic mass is 9.98. The number of nitrogens with two attached hydrogens (primary N) is 2. The molecule has 2 saturated heterocycles. The molecule has 5 unspecified atom stereocenters. The molecule has 34 heavy (non-hydrogen) atoms. The Hall–Kier alpha value is -2.89. The van der Waals surface area contributed by atoms with Gasteiger partial charge in [0.1, 0.15) is 18.1 Å². The second-order valence-corrected chi connectivity index (χ2v) is 9.06. The summed E-state index contributed by atoms with van der Waals surface area (Å²) in [6.07, 6.45) is 3.99. The van der Waals surface area contributed by atoms with E-state index in [-0.39, 0.29) is 29.7 Å². The fourth-order valence-electron chi connectivity index (χ4n) is 4.38. The summed E-state index contributed by atoms with van der Waals surface area (Å²) in [6.45, 7) is 5.03. The lowest BCUT2D eigenvalue weighted by Gasteiger charge is -2.30. The average Bonchev–Trinajstić information content (AvgIpc) is 3.50. The molecule has 0 aromatic heterocycles. The summed E-state index contributed by atoms with van der Waals surface area (Å²) >= 11 is 0. The third kappa shape index (κ3) is 7.57. The Kier molecular flexibility index (Phi) is 10.6. The van der Waals surface area contributed by atoms with Crippen molar-refractivity contribution in [1.29, 1.82) is 0 Å². The van der Waals surface area contributed by atoms with Gasteiger partial charge in [0, 0.05) is 13.1 Å². The Morgan fingerprint density at radius 2 is 1.88 bits per heavy atom. The quantitative estimate of drug-likeness (QED) is 0.115. The molecule has 3 amide bonds. The molecule has 192 valence electrons. The van der Waals surface area contributed by atoms with Gasteiger partial charge in [-0.1, -0.05) is 20.3 Å². The summed E-state index contributed by atoms with van der Waals surface area (Å²) in [6, 6.07) is -2.99. The number of hydrogen-bond acceptors (Lipinski definition) is 6. The van der Waals surface area contributed by atoms with Crippen molar-refractivity contribution in [2.24, 2.45) is 22.4 Å². The van der Waals surface area contributed by atoms with Crippen molar-refractivity contribution in [3.63, 3.8) is 0 Å². The van der Waals surface area contributed by atoms with Gasteiger partial charge in [-0.3, -0.25) is 19.4 Å². The van der Waals surface area contributed by atoms with Crippen molar-refractivity contribution in [3.05, 3.63) is 0 Å². The maximum atomic E-state index is 13.5. The van der Waals surface area contributed by atoms with Crippen molar-refractivity contribution in [1.82, 2.24) is 20.9 Å². The molecule has 0 aromatic rings. The Morgan fingerprint density at radius 3 is 2.47 bits per heavy atom. The highest BCUT2D eigenvalue weighted by Crippen LogP contribution is 2.21. The first-order chi connectivity index (χ1) is 16.1. The van der Waals surface area contributed by atoms with Crippen molar-refractivity contribution in [2.75, 3.05) is 19.6 Å². The summed E-state index contributed by atoms with van der Waals surface area (Å²) in [4.78, 5) is 56.2. The second-order valence-electron chi connectivity index (χ2n) is 9.06. The molecule has 0 spiro atoms. The largest absolute Gasteiger partial charge is 0.480 e. The molecule has 0 bridgehead atoms. The predicted molar refractivity (Wildman–Crippen MR) is 127 cm³/mol. The minimum atomic E-state index is -1.10. The number of hydrogen-bond donors (Lipinski definition) is 6. The fraction of sp³-hybridized carbons (Fsp3) is 0.773. The van der Waals surface area contributed by atoms with Crippen LogP contribution in [0.3, 0.4) is 0 Å². The van der Waals surface area contributed by atoms with Gasteiger partial charge in [-0.25, -0.2) is 4.79 Å². The maximum absolute atomic E-state index is 13.5. The molecule has 2 heterocycles. The molecule has 2 fully saturated rings. The molecule has 0 aliphatic carbocycles. The molecule has 8 N–H and O–H groups in total. The number of amides is 3. The van der Waals surface area contributed by atoms with Crippen LogP contribution < -0.4 is 27.4 Å². The minimum Gasteiger partial charge on any atom is -0.480 e. The van der Waals surface area contributed by atoms with Gasteiger partial charge in [0.15, 0.2) is 5.96 Å². The number of carboxylic acids is 1. The van der Waals surface area contributed by atoms with Crippen molar-refractivity contribution in [2.45, 2.75) is 83.0 Å². The van der Waals surface area contributed by atoms with Crippen LogP contribution in [-0.2, 0) is 19.2 Å². The summed E-state index contributed by atoms with van der Waals surface area (Å²) in [7, 11) is 0. The number of likely N-dealkylation sites (tertiary alicyclic amines) is 1. The van der Waals surface area contributed by atoms with Crippen molar-refractivity contribution in [3.8, 4) is 0 Å². The van der Waals surface area contributed by atoms with E-state index in [1.165, 1.54) is 4.90 Å². The van der Waals surface area contributed by atoms with Crippen molar-refractivity contribution >= 4 is 29.7 Å². The average molecular weight is 482 g/mol. The Labute approximate surface area is 200 Å². The first kappa shape index (κ1) is 27.4. The summed E-state index contributed by atoms with van der Waals surface area (Å²) in [5.74, 6) is -2.50. The Morgan fingerprint density at radius 1 is 1.15 bits per heavy atom. The first-order valence-corrected chi connectivity index (χ1v) is 12.1. The van der Waals surface area contributed by atoms with Crippen LogP contribution in [0, 0.1) is 5.92 Å². The molecule has 2 aliphatic rings. The van der Waals surface area contributed by atoms with E-state index in [1.807, 2.05) is 6.92 Å². The number of aliphatic imine (C=N–C) groups is 1. The molecule has 2 aliphatic heterocycles. The van der Waals surface area contributed by atoms with Gasteiger partial charge in [0.05, 0.1) is 6.04 Å².